The molecule has 0 aromatic heterocycles. The molecule has 0 aromatic rings. The van der Waals surface area contributed by atoms with Gasteiger partial charge < -0.3 is 9.64 Å². The highest BCUT2D eigenvalue weighted by Gasteiger charge is 2.50. The van der Waals surface area contributed by atoms with Gasteiger partial charge in [-0.1, -0.05) is 13.8 Å². The third kappa shape index (κ3) is 2.20. The Hall–Kier alpha value is -1.06. The molecule has 1 rings (SSSR count). The number of nitrogens with zero attached hydrogens (tertiary/aromatic N) is 1. The average molecular weight is 227 g/mol. The summed E-state index contributed by atoms with van der Waals surface area (Å²) in [6, 6.07) is 0. The largest absolute Gasteiger partial charge is 0.469 e. The van der Waals surface area contributed by atoms with E-state index in [-0.39, 0.29) is 24.2 Å². The Bertz CT molecular complexity index is 297. The third-order valence-electron chi connectivity index (χ3n) is 3.26. The van der Waals surface area contributed by atoms with Crippen molar-refractivity contribution in [1.29, 1.82) is 0 Å². The van der Waals surface area contributed by atoms with Gasteiger partial charge in [-0.2, -0.15) is 0 Å². The maximum Gasteiger partial charge on any atom is 0.311 e. The van der Waals surface area contributed by atoms with Gasteiger partial charge in [-0.15, -0.1) is 0 Å². The highest BCUT2D eigenvalue weighted by molar-refractivity contribution is 5.88. The predicted molar refractivity (Wildman–Crippen MR) is 60.8 cm³/mol. The molecular weight excluding hydrogens is 206 g/mol. The molecule has 0 N–H and O–H groups in total. The Kier molecular flexibility index (Phi) is 3.61. The van der Waals surface area contributed by atoms with Crippen LogP contribution in [0.15, 0.2) is 0 Å². The molecule has 1 unspecified atom stereocenters. The Morgan fingerprint density at radius 2 is 2.12 bits per heavy atom. The van der Waals surface area contributed by atoms with E-state index in [1.807, 2.05) is 13.8 Å². The molecule has 1 fully saturated rings. The Morgan fingerprint density at radius 3 is 2.56 bits per heavy atom. The van der Waals surface area contributed by atoms with Gasteiger partial charge in [0.25, 0.3) is 0 Å². The van der Waals surface area contributed by atoms with Gasteiger partial charge in [-0.05, 0) is 19.8 Å². The minimum Gasteiger partial charge on any atom is -0.469 e. The fraction of sp³-hybridized carbons (Fsp3) is 0.833. The quantitative estimate of drug-likeness (QED) is 0.685. The number of esters is 1. The van der Waals surface area contributed by atoms with Gasteiger partial charge in [-0.3, -0.25) is 9.59 Å². The maximum atomic E-state index is 11.9. The number of amides is 1. The minimum absolute atomic E-state index is 0.0501. The zero-order valence-electron chi connectivity index (χ0n) is 10.7. The first-order chi connectivity index (χ1) is 7.30. The normalized spacial score (nSPS) is 24.0. The van der Waals surface area contributed by atoms with Gasteiger partial charge in [0.2, 0.25) is 5.91 Å². The van der Waals surface area contributed by atoms with Crippen molar-refractivity contribution in [3.8, 4) is 0 Å². The summed E-state index contributed by atoms with van der Waals surface area (Å²) in [5.41, 5.74) is -0.436. The summed E-state index contributed by atoms with van der Waals surface area (Å²) < 4.78 is 4.75. The van der Waals surface area contributed by atoms with Crippen LogP contribution >= 0.6 is 0 Å². The van der Waals surface area contributed by atoms with Crippen molar-refractivity contribution in [3.05, 3.63) is 0 Å². The van der Waals surface area contributed by atoms with E-state index >= 15 is 0 Å². The standard InChI is InChI=1S/C12H21NO3/c1-8(2)7-13-10(14)6-9(11(15)16-5)12(13,3)4/h8-9H,6-7H2,1-5H3. The molecule has 16 heavy (non-hydrogen) atoms. The van der Waals surface area contributed by atoms with Crippen LogP contribution in [0.25, 0.3) is 0 Å². The molecule has 4 heteroatoms. The average Bonchev–Trinajstić information content (AvgIpc) is 2.40. The van der Waals surface area contributed by atoms with E-state index in [1.165, 1.54) is 7.11 Å². The second kappa shape index (κ2) is 4.44. The van der Waals surface area contributed by atoms with Crippen LogP contribution < -0.4 is 0 Å². The first-order valence-corrected chi connectivity index (χ1v) is 5.69. The van der Waals surface area contributed by atoms with E-state index in [0.29, 0.717) is 12.5 Å². The Morgan fingerprint density at radius 1 is 1.56 bits per heavy atom. The zero-order valence-corrected chi connectivity index (χ0v) is 10.7. The number of methoxy groups -OCH3 is 1. The number of rotatable bonds is 3. The van der Waals surface area contributed by atoms with Gasteiger partial charge in [0, 0.05) is 13.0 Å². The lowest BCUT2D eigenvalue weighted by molar-refractivity contribution is -0.148. The Labute approximate surface area is 96.9 Å². The SMILES string of the molecule is COC(=O)C1CC(=O)N(CC(C)C)C1(C)C. The van der Waals surface area contributed by atoms with Crippen LogP contribution in [0, 0.1) is 11.8 Å². The first kappa shape index (κ1) is 13.0. The molecule has 0 bridgehead atoms. The molecule has 4 nitrogen and oxygen atoms in total. The van der Waals surface area contributed by atoms with Gasteiger partial charge in [0.1, 0.15) is 0 Å². The van der Waals surface area contributed by atoms with Crippen molar-refractivity contribution in [1.82, 2.24) is 4.90 Å². The predicted octanol–water partition coefficient (Wildman–Crippen LogP) is 1.44. The summed E-state index contributed by atoms with van der Waals surface area (Å²) in [4.78, 5) is 25.3. The zero-order chi connectivity index (χ0) is 12.5. The molecule has 1 aliphatic heterocycles. The first-order valence-electron chi connectivity index (χ1n) is 5.69. The van der Waals surface area contributed by atoms with Crippen LogP contribution in [-0.4, -0.2) is 36.0 Å². The lowest BCUT2D eigenvalue weighted by atomic mass is 9.88. The van der Waals surface area contributed by atoms with Crippen LogP contribution in [-0.2, 0) is 14.3 Å². The van der Waals surface area contributed by atoms with Gasteiger partial charge in [0.15, 0.2) is 0 Å². The number of ether oxygens (including phenoxy) is 1. The van der Waals surface area contributed by atoms with Crippen molar-refractivity contribution < 1.29 is 14.3 Å². The molecule has 1 amide bonds. The highest BCUT2D eigenvalue weighted by Crippen LogP contribution is 2.36. The fourth-order valence-corrected chi connectivity index (χ4v) is 2.26. The molecule has 1 atom stereocenters. The maximum absolute atomic E-state index is 11.9. The van der Waals surface area contributed by atoms with Crippen LogP contribution in [0.2, 0.25) is 0 Å². The molecule has 92 valence electrons. The van der Waals surface area contributed by atoms with Crippen molar-refractivity contribution >= 4 is 11.9 Å². The molecule has 0 radical (unpaired) electrons. The van der Waals surface area contributed by atoms with E-state index in [2.05, 4.69) is 13.8 Å². The van der Waals surface area contributed by atoms with E-state index < -0.39 is 5.54 Å². The van der Waals surface area contributed by atoms with Crippen molar-refractivity contribution in [2.24, 2.45) is 11.8 Å². The second-order valence-electron chi connectivity index (χ2n) is 5.33. The summed E-state index contributed by atoms with van der Waals surface area (Å²) in [5.74, 6) is -0.179. The summed E-state index contributed by atoms with van der Waals surface area (Å²) >= 11 is 0. The monoisotopic (exact) mass is 227 g/mol. The lowest BCUT2D eigenvalue weighted by Gasteiger charge is -2.35. The molecule has 1 aliphatic rings. The number of carbonyl (C=O) groups is 2. The molecule has 0 saturated carbocycles. The molecule has 1 heterocycles. The van der Waals surface area contributed by atoms with Crippen molar-refractivity contribution in [3.63, 3.8) is 0 Å². The third-order valence-corrected chi connectivity index (χ3v) is 3.26. The van der Waals surface area contributed by atoms with E-state index in [9.17, 15) is 9.59 Å². The number of likely N-dealkylation sites (tertiary alicyclic amines) is 1. The summed E-state index contributed by atoms with van der Waals surface area (Å²) in [6.07, 6.45) is 0.270. The summed E-state index contributed by atoms with van der Waals surface area (Å²) in [6.45, 7) is 8.69. The number of hydrogen-bond donors (Lipinski definition) is 0. The van der Waals surface area contributed by atoms with Gasteiger partial charge in [0.05, 0.1) is 18.6 Å². The number of carbonyl (C=O) groups excluding carboxylic acids is 2. The molecular formula is C12H21NO3. The van der Waals surface area contributed by atoms with E-state index in [0.717, 1.165) is 0 Å². The molecule has 1 saturated heterocycles. The fourth-order valence-electron chi connectivity index (χ4n) is 2.26. The van der Waals surface area contributed by atoms with Gasteiger partial charge >= 0.3 is 5.97 Å². The van der Waals surface area contributed by atoms with Crippen LogP contribution in [0.3, 0.4) is 0 Å². The Balaban J connectivity index is 2.89. The minimum atomic E-state index is -0.436. The second-order valence-corrected chi connectivity index (χ2v) is 5.33. The summed E-state index contributed by atoms with van der Waals surface area (Å²) in [7, 11) is 1.37. The highest BCUT2D eigenvalue weighted by atomic mass is 16.5. The smallest absolute Gasteiger partial charge is 0.311 e. The molecule has 0 spiro atoms. The van der Waals surface area contributed by atoms with Crippen LogP contribution in [0.4, 0.5) is 0 Å². The van der Waals surface area contributed by atoms with Gasteiger partial charge in [-0.25, -0.2) is 0 Å². The van der Waals surface area contributed by atoms with E-state index in [4.69, 9.17) is 4.74 Å². The van der Waals surface area contributed by atoms with Crippen molar-refractivity contribution in [2.75, 3.05) is 13.7 Å². The molecule has 0 aliphatic carbocycles. The van der Waals surface area contributed by atoms with Crippen LogP contribution in [0.5, 0.6) is 0 Å². The number of hydrogen-bond acceptors (Lipinski definition) is 3. The van der Waals surface area contributed by atoms with Crippen molar-refractivity contribution in [2.45, 2.75) is 39.7 Å². The van der Waals surface area contributed by atoms with E-state index in [1.54, 1.807) is 4.90 Å². The van der Waals surface area contributed by atoms with Crippen LogP contribution in [0.1, 0.15) is 34.1 Å². The topological polar surface area (TPSA) is 46.6 Å². The molecule has 0 aromatic carbocycles. The lowest BCUT2D eigenvalue weighted by Crippen LogP contribution is -2.47. The summed E-state index contributed by atoms with van der Waals surface area (Å²) in [5, 5.41) is 0.